The Hall–Kier alpha value is -3.10. The molecule has 0 radical (unpaired) electrons. The van der Waals surface area contributed by atoms with Crippen LogP contribution in [0.25, 0.3) is 0 Å². The number of thioether (sulfide) groups is 1. The number of carbonyl (C=O) groups excluding carboxylic acids is 2. The van der Waals surface area contributed by atoms with Gasteiger partial charge in [0.15, 0.2) is 5.16 Å². The van der Waals surface area contributed by atoms with E-state index in [0.717, 1.165) is 17.5 Å². The van der Waals surface area contributed by atoms with Crippen LogP contribution in [-0.2, 0) is 21.8 Å². The van der Waals surface area contributed by atoms with Gasteiger partial charge in [-0.15, -0.1) is 0 Å². The van der Waals surface area contributed by atoms with Crippen molar-refractivity contribution in [2.45, 2.75) is 36.6 Å². The first-order valence-corrected chi connectivity index (χ1v) is 11.5. The fourth-order valence-corrected chi connectivity index (χ4v) is 4.49. The molecule has 0 spiro atoms. The maximum absolute atomic E-state index is 13.0. The Morgan fingerprint density at radius 2 is 1.94 bits per heavy atom. The number of aromatic amines is 1. The molecule has 1 aliphatic heterocycles. The molecular weight excluding hydrogens is 448 g/mol. The van der Waals surface area contributed by atoms with E-state index in [9.17, 15) is 14.4 Å². The standard InChI is InChI=1S/C23H21ClN4O3S/c1-2-14-5-3-4-6-17(14)25-21(30)16-11-18(29)26-20-19(16)22(31)28-23(27-20)32-12-13-7-9-15(24)10-8-13/h3-10,16H,2,11-12H2,1H3,(H,25,30)(H2,26,27,28,29,31). The smallest absolute Gasteiger partial charge is 0.257 e. The van der Waals surface area contributed by atoms with Crippen LogP contribution in [0.1, 0.15) is 36.0 Å². The lowest BCUT2D eigenvalue weighted by molar-refractivity contribution is -0.123. The van der Waals surface area contributed by atoms with Gasteiger partial charge in [-0.2, -0.15) is 0 Å². The van der Waals surface area contributed by atoms with Gasteiger partial charge in [-0.05, 0) is 35.7 Å². The van der Waals surface area contributed by atoms with Crippen LogP contribution in [0.5, 0.6) is 0 Å². The number of nitrogens with one attached hydrogen (secondary N) is 3. The van der Waals surface area contributed by atoms with E-state index >= 15 is 0 Å². The summed E-state index contributed by atoms with van der Waals surface area (Å²) in [5, 5.41) is 6.52. The molecule has 2 aromatic carbocycles. The zero-order valence-electron chi connectivity index (χ0n) is 17.3. The highest BCUT2D eigenvalue weighted by atomic mass is 35.5. The number of hydrogen-bond acceptors (Lipinski definition) is 5. The van der Waals surface area contributed by atoms with Gasteiger partial charge in [-0.25, -0.2) is 4.98 Å². The minimum absolute atomic E-state index is 0.116. The molecule has 3 aromatic rings. The number of carbonyl (C=O) groups is 2. The van der Waals surface area contributed by atoms with Crippen molar-refractivity contribution >= 4 is 46.7 Å². The number of aryl methyl sites for hydroxylation is 1. The van der Waals surface area contributed by atoms with Crippen molar-refractivity contribution in [3.8, 4) is 0 Å². The molecule has 0 aliphatic carbocycles. The molecule has 4 rings (SSSR count). The molecular formula is C23H21ClN4O3S. The van der Waals surface area contributed by atoms with Crippen molar-refractivity contribution in [2.24, 2.45) is 0 Å². The van der Waals surface area contributed by atoms with E-state index in [1.54, 1.807) is 18.2 Å². The topological polar surface area (TPSA) is 104 Å². The van der Waals surface area contributed by atoms with E-state index in [1.165, 1.54) is 11.8 Å². The summed E-state index contributed by atoms with van der Waals surface area (Å²) in [5.41, 5.74) is 2.40. The minimum Gasteiger partial charge on any atom is -0.325 e. The molecule has 32 heavy (non-hydrogen) atoms. The van der Waals surface area contributed by atoms with E-state index in [1.807, 2.05) is 37.3 Å². The molecule has 3 N–H and O–H groups in total. The van der Waals surface area contributed by atoms with Gasteiger partial charge in [0.1, 0.15) is 5.82 Å². The van der Waals surface area contributed by atoms with Crippen LogP contribution >= 0.6 is 23.4 Å². The number of halogens is 1. The van der Waals surface area contributed by atoms with E-state index in [0.29, 0.717) is 21.6 Å². The van der Waals surface area contributed by atoms with Gasteiger partial charge in [0.05, 0.1) is 11.5 Å². The number of anilines is 2. The first-order chi connectivity index (χ1) is 15.4. The van der Waals surface area contributed by atoms with Crippen LogP contribution < -0.4 is 16.2 Å². The fraction of sp³-hybridized carbons (Fsp3) is 0.217. The van der Waals surface area contributed by atoms with Gasteiger partial charge in [0, 0.05) is 22.9 Å². The number of hydrogen-bond donors (Lipinski definition) is 3. The van der Waals surface area contributed by atoms with Crippen LogP contribution in [0.3, 0.4) is 0 Å². The van der Waals surface area contributed by atoms with Crippen molar-refractivity contribution in [3.63, 3.8) is 0 Å². The molecule has 0 saturated carbocycles. The first kappa shape index (κ1) is 22.1. The quantitative estimate of drug-likeness (QED) is 0.368. The van der Waals surface area contributed by atoms with Crippen LogP contribution in [0.2, 0.25) is 5.02 Å². The number of para-hydroxylation sites is 1. The van der Waals surface area contributed by atoms with Crippen LogP contribution in [-0.4, -0.2) is 21.8 Å². The van der Waals surface area contributed by atoms with Gasteiger partial charge in [-0.1, -0.05) is 60.6 Å². The normalized spacial score (nSPS) is 15.1. The molecule has 1 unspecified atom stereocenters. The Kier molecular flexibility index (Phi) is 6.62. The SMILES string of the molecule is CCc1ccccc1NC(=O)C1CC(=O)Nc2nc(SCc3ccc(Cl)cc3)[nH]c(=O)c21. The lowest BCUT2D eigenvalue weighted by Gasteiger charge is -2.24. The van der Waals surface area contributed by atoms with Crippen molar-refractivity contribution in [3.05, 3.63) is 80.6 Å². The largest absolute Gasteiger partial charge is 0.325 e. The average molecular weight is 469 g/mol. The minimum atomic E-state index is -0.921. The van der Waals surface area contributed by atoms with Gasteiger partial charge in [0.2, 0.25) is 11.8 Å². The zero-order chi connectivity index (χ0) is 22.7. The maximum atomic E-state index is 13.0. The summed E-state index contributed by atoms with van der Waals surface area (Å²) in [6.07, 6.45) is 0.629. The number of rotatable bonds is 6. The highest BCUT2D eigenvalue weighted by molar-refractivity contribution is 7.98. The van der Waals surface area contributed by atoms with Crippen molar-refractivity contribution in [2.75, 3.05) is 10.6 Å². The predicted molar refractivity (Wildman–Crippen MR) is 126 cm³/mol. The molecule has 1 aromatic heterocycles. The lowest BCUT2D eigenvalue weighted by Crippen LogP contribution is -2.36. The Morgan fingerprint density at radius 1 is 1.19 bits per heavy atom. The third-order valence-electron chi connectivity index (χ3n) is 5.19. The molecule has 2 amide bonds. The monoisotopic (exact) mass is 468 g/mol. The molecule has 1 atom stereocenters. The summed E-state index contributed by atoms with van der Waals surface area (Å²) in [4.78, 5) is 45.3. The summed E-state index contributed by atoms with van der Waals surface area (Å²) in [7, 11) is 0. The Morgan fingerprint density at radius 3 is 2.69 bits per heavy atom. The summed E-state index contributed by atoms with van der Waals surface area (Å²) in [5.74, 6) is -0.989. The fourth-order valence-electron chi connectivity index (χ4n) is 3.55. The van der Waals surface area contributed by atoms with Crippen molar-refractivity contribution in [1.29, 1.82) is 0 Å². The maximum Gasteiger partial charge on any atom is 0.257 e. The Bertz CT molecular complexity index is 1230. The number of H-pyrrole nitrogens is 1. The lowest BCUT2D eigenvalue weighted by atomic mass is 9.92. The van der Waals surface area contributed by atoms with Gasteiger partial charge in [0.25, 0.3) is 5.56 Å². The van der Waals surface area contributed by atoms with Gasteiger partial charge in [-0.3, -0.25) is 14.4 Å². The molecule has 0 bridgehead atoms. The second kappa shape index (κ2) is 9.58. The summed E-state index contributed by atoms with van der Waals surface area (Å²) in [6.45, 7) is 1.99. The molecule has 9 heteroatoms. The van der Waals surface area contributed by atoms with E-state index in [-0.39, 0.29) is 23.7 Å². The van der Waals surface area contributed by atoms with Gasteiger partial charge < -0.3 is 15.6 Å². The summed E-state index contributed by atoms with van der Waals surface area (Å²) >= 11 is 7.23. The van der Waals surface area contributed by atoms with E-state index in [2.05, 4.69) is 20.6 Å². The molecule has 0 fully saturated rings. The molecule has 2 heterocycles. The third-order valence-corrected chi connectivity index (χ3v) is 6.39. The van der Waals surface area contributed by atoms with Crippen LogP contribution in [0.15, 0.2) is 58.5 Å². The molecule has 7 nitrogen and oxygen atoms in total. The van der Waals surface area contributed by atoms with Crippen LogP contribution in [0, 0.1) is 0 Å². The van der Waals surface area contributed by atoms with Crippen molar-refractivity contribution < 1.29 is 9.59 Å². The highest BCUT2D eigenvalue weighted by Gasteiger charge is 2.35. The van der Waals surface area contributed by atoms with E-state index in [4.69, 9.17) is 11.6 Å². The second-order valence-electron chi connectivity index (χ2n) is 7.35. The zero-order valence-corrected chi connectivity index (χ0v) is 18.8. The summed E-state index contributed by atoms with van der Waals surface area (Å²) in [6, 6.07) is 14.8. The van der Waals surface area contributed by atoms with Crippen LogP contribution in [0.4, 0.5) is 11.5 Å². The predicted octanol–water partition coefficient (Wildman–Crippen LogP) is 4.34. The van der Waals surface area contributed by atoms with E-state index < -0.39 is 17.4 Å². The number of nitrogens with zero attached hydrogens (tertiary/aromatic N) is 1. The number of benzene rings is 2. The highest BCUT2D eigenvalue weighted by Crippen LogP contribution is 2.31. The third kappa shape index (κ3) is 4.87. The molecule has 0 saturated heterocycles. The van der Waals surface area contributed by atoms with Gasteiger partial charge >= 0.3 is 0 Å². The average Bonchev–Trinajstić information content (AvgIpc) is 2.78. The number of fused-ring (bicyclic) bond motifs is 1. The second-order valence-corrected chi connectivity index (χ2v) is 8.75. The molecule has 1 aliphatic rings. The number of amides is 2. The Balaban J connectivity index is 1.57. The van der Waals surface area contributed by atoms with Crippen molar-refractivity contribution in [1.82, 2.24) is 9.97 Å². The Labute approximate surface area is 194 Å². The summed E-state index contributed by atoms with van der Waals surface area (Å²) < 4.78 is 0. The number of aromatic nitrogens is 2. The molecule has 164 valence electrons. The first-order valence-electron chi connectivity index (χ1n) is 10.1.